The summed E-state index contributed by atoms with van der Waals surface area (Å²) in [5, 5.41) is 6.12. The fraction of sp³-hybridized carbons (Fsp3) is 0.654. The van der Waals surface area contributed by atoms with E-state index in [4.69, 9.17) is 4.74 Å². The highest BCUT2D eigenvalue weighted by molar-refractivity contribution is 6.35. The van der Waals surface area contributed by atoms with Crippen LogP contribution in [0.1, 0.15) is 88.7 Å². The number of amides is 3. The van der Waals surface area contributed by atoms with Crippen molar-refractivity contribution in [1.82, 2.24) is 15.5 Å². The van der Waals surface area contributed by atoms with E-state index >= 15 is 0 Å². The fourth-order valence-corrected chi connectivity index (χ4v) is 5.69. The zero-order valence-electron chi connectivity index (χ0n) is 19.7. The minimum Gasteiger partial charge on any atom is -0.497 e. The normalized spacial score (nSPS) is 20.5. The first kappa shape index (κ1) is 23.6. The maximum absolute atomic E-state index is 13.7. The molecule has 0 spiro atoms. The minimum atomic E-state index is -0.832. The monoisotopic (exact) mass is 455 g/mol. The van der Waals surface area contributed by atoms with Gasteiger partial charge in [-0.3, -0.25) is 14.4 Å². The molecule has 180 valence electrons. The second kappa shape index (κ2) is 11.0. The molecule has 3 aliphatic rings. The first-order valence-electron chi connectivity index (χ1n) is 12.6. The third-order valence-electron chi connectivity index (χ3n) is 7.50. The number of rotatable bonds is 7. The largest absolute Gasteiger partial charge is 0.497 e. The summed E-state index contributed by atoms with van der Waals surface area (Å²) >= 11 is 0. The van der Waals surface area contributed by atoms with Crippen molar-refractivity contribution in [3.05, 3.63) is 29.8 Å². The van der Waals surface area contributed by atoms with Gasteiger partial charge in [-0.05, 0) is 56.2 Å². The summed E-state index contributed by atoms with van der Waals surface area (Å²) in [6.45, 7) is 0. The molecule has 1 aromatic carbocycles. The van der Waals surface area contributed by atoms with E-state index in [0.29, 0.717) is 11.3 Å². The van der Waals surface area contributed by atoms with E-state index in [1.807, 2.05) is 12.1 Å². The van der Waals surface area contributed by atoms with Crippen LogP contribution in [0.3, 0.4) is 0 Å². The molecule has 0 radical (unpaired) electrons. The van der Waals surface area contributed by atoms with Gasteiger partial charge in [-0.25, -0.2) is 0 Å². The average molecular weight is 456 g/mol. The van der Waals surface area contributed by atoms with Crippen LogP contribution in [-0.4, -0.2) is 47.9 Å². The SMILES string of the molecule is COc1ccc([C@H](C(=O)NC2CCCC2)N(C(=O)C(=O)NC2CCCC2)C2CCCC2)cc1. The van der Waals surface area contributed by atoms with Crippen LogP contribution < -0.4 is 15.4 Å². The highest BCUT2D eigenvalue weighted by Gasteiger charge is 2.41. The molecule has 0 unspecified atom stereocenters. The number of hydrogen-bond donors (Lipinski definition) is 2. The highest BCUT2D eigenvalue weighted by atomic mass is 16.5. The summed E-state index contributed by atoms with van der Waals surface area (Å²) in [5.74, 6) is -0.676. The second-order valence-corrected chi connectivity index (χ2v) is 9.77. The molecule has 0 aromatic heterocycles. The molecule has 2 N–H and O–H groups in total. The zero-order valence-corrected chi connectivity index (χ0v) is 19.7. The Hall–Kier alpha value is -2.57. The number of carbonyl (C=O) groups excluding carboxylic acids is 3. The number of hydrogen-bond acceptors (Lipinski definition) is 4. The smallest absolute Gasteiger partial charge is 0.313 e. The van der Waals surface area contributed by atoms with Crippen LogP contribution in [0.5, 0.6) is 5.75 Å². The number of ether oxygens (including phenoxy) is 1. The second-order valence-electron chi connectivity index (χ2n) is 9.77. The molecular formula is C26H37N3O4. The Morgan fingerprint density at radius 1 is 0.818 bits per heavy atom. The van der Waals surface area contributed by atoms with Crippen LogP contribution in [0.25, 0.3) is 0 Å². The van der Waals surface area contributed by atoms with Gasteiger partial charge in [0, 0.05) is 18.1 Å². The lowest BCUT2D eigenvalue weighted by atomic mass is 10.00. The summed E-state index contributed by atoms with van der Waals surface area (Å²) in [4.78, 5) is 41.9. The fourth-order valence-electron chi connectivity index (χ4n) is 5.69. The van der Waals surface area contributed by atoms with Gasteiger partial charge in [-0.15, -0.1) is 0 Å². The van der Waals surface area contributed by atoms with Gasteiger partial charge >= 0.3 is 11.8 Å². The van der Waals surface area contributed by atoms with Crippen LogP contribution in [-0.2, 0) is 14.4 Å². The van der Waals surface area contributed by atoms with Gasteiger partial charge in [0.2, 0.25) is 5.91 Å². The van der Waals surface area contributed by atoms with E-state index in [9.17, 15) is 14.4 Å². The van der Waals surface area contributed by atoms with Gasteiger partial charge in [0.05, 0.1) is 7.11 Å². The van der Waals surface area contributed by atoms with E-state index in [-0.39, 0.29) is 24.0 Å². The molecule has 0 bridgehead atoms. The van der Waals surface area contributed by atoms with Crippen molar-refractivity contribution in [2.75, 3.05) is 7.11 Å². The van der Waals surface area contributed by atoms with E-state index < -0.39 is 17.9 Å². The standard InChI is InChI=1S/C26H37N3O4/c1-33-22-16-14-18(15-17-22)23(24(30)27-19-8-2-3-9-19)29(21-12-6-7-13-21)26(32)25(31)28-20-10-4-5-11-20/h14-17,19-21,23H,2-13H2,1H3,(H,27,30)(H,28,31)/t23-/m1/s1. The Kier molecular flexibility index (Phi) is 7.89. The first-order chi connectivity index (χ1) is 16.1. The molecule has 4 rings (SSSR count). The van der Waals surface area contributed by atoms with Gasteiger partial charge < -0.3 is 20.3 Å². The average Bonchev–Trinajstić information content (AvgIpc) is 3.61. The highest BCUT2D eigenvalue weighted by Crippen LogP contribution is 2.33. The van der Waals surface area contributed by atoms with Crippen LogP contribution >= 0.6 is 0 Å². The molecule has 3 amide bonds. The molecule has 3 saturated carbocycles. The van der Waals surface area contributed by atoms with Crippen molar-refractivity contribution in [3.63, 3.8) is 0 Å². The van der Waals surface area contributed by atoms with Crippen molar-refractivity contribution >= 4 is 17.7 Å². The van der Waals surface area contributed by atoms with Gasteiger partial charge in [-0.1, -0.05) is 50.7 Å². The van der Waals surface area contributed by atoms with Gasteiger partial charge in [0.1, 0.15) is 11.8 Å². The van der Waals surface area contributed by atoms with Crippen molar-refractivity contribution in [3.8, 4) is 5.75 Å². The lowest BCUT2D eigenvalue weighted by molar-refractivity contribution is -0.152. The molecule has 0 saturated heterocycles. The minimum absolute atomic E-state index is 0.0543. The number of methoxy groups -OCH3 is 1. The van der Waals surface area contributed by atoms with Crippen LogP contribution in [0.4, 0.5) is 0 Å². The van der Waals surface area contributed by atoms with Crippen molar-refractivity contribution in [2.24, 2.45) is 0 Å². The third kappa shape index (κ3) is 5.68. The van der Waals surface area contributed by atoms with Gasteiger partial charge in [0.15, 0.2) is 0 Å². The van der Waals surface area contributed by atoms with E-state index in [1.54, 1.807) is 24.1 Å². The van der Waals surface area contributed by atoms with Crippen molar-refractivity contribution < 1.29 is 19.1 Å². The quantitative estimate of drug-likeness (QED) is 0.615. The molecule has 1 aromatic rings. The molecule has 1 atom stereocenters. The van der Waals surface area contributed by atoms with Crippen molar-refractivity contribution in [1.29, 1.82) is 0 Å². The van der Waals surface area contributed by atoms with Gasteiger partial charge in [-0.2, -0.15) is 0 Å². The Labute approximate surface area is 196 Å². The Balaban J connectivity index is 1.63. The predicted octanol–water partition coefficient (Wildman–Crippen LogP) is 3.63. The zero-order chi connectivity index (χ0) is 23.2. The summed E-state index contributed by atoms with van der Waals surface area (Å²) in [7, 11) is 1.60. The molecule has 0 aliphatic heterocycles. The number of benzene rings is 1. The van der Waals surface area contributed by atoms with E-state index in [2.05, 4.69) is 10.6 Å². The summed E-state index contributed by atoms with van der Waals surface area (Å²) in [6.07, 6.45) is 11.7. The lowest BCUT2D eigenvalue weighted by Crippen LogP contribution is -2.54. The molecule has 33 heavy (non-hydrogen) atoms. The maximum Gasteiger partial charge on any atom is 0.313 e. The Morgan fingerprint density at radius 2 is 1.33 bits per heavy atom. The third-order valence-corrected chi connectivity index (χ3v) is 7.50. The van der Waals surface area contributed by atoms with E-state index in [0.717, 1.165) is 77.0 Å². The number of nitrogens with zero attached hydrogens (tertiary/aromatic N) is 1. The number of nitrogens with one attached hydrogen (secondary N) is 2. The summed E-state index contributed by atoms with van der Waals surface area (Å²) < 4.78 is 5.29. The Bertz CT molecular complexity index is 822. The summed E-state index contributed by atoms with van der Waals surface area (Å²) in [6, 6.07) is 6.52. The molecule has 7 heteroatoms. The Morgan fingerprint density at radius 3 is 1.88 bits per heavy atom. The predicted molar refractivity (Wildman–Crippen MR) is 126 cm³/mol. The topological polar surface area (TPSA) is 87.7 Å². The van der Waals surface area contributed by atoms with Crippen molar-refractivity contribution in [2.45, 2.75) is 101 Å². The van der Waals surface area contributed by atoms with Crippen LogP contribution in [0.2, 0.25) is 0 Å². The first-order valence-corrected chi connectivity index (χ1v) is 12.6. The van der Waals surface area contributed by atoms with Crippen LogP contribution in [0.15, 0.2) is 24.3 Å². The van der Waals surface area contributed by atoms with E-state index in [1.165, 1.54) is 0 Å². The molecule has 3 aliphatic carbocycles. The molecular weight excluding hydrogens is 418 g/mol. The molecule has 7 nitrogen and oxygen atoms in total. The molecule has 0 heterocycles. The van der Waals surface area contributed by atoms with Crippen LogP contribution in [0, 0.1) is 0 Å². The number of carbonyl (C=O) groups is 3. The summed E-state index contributed by atoms with van der Waals surface area (Å²) in [5.41, 5.74) is 0.709. The van der Waals surface area contributed by atoms with Gasteiger partial charge in [0.25, 0.3) is 0 Å². The molecule has 3 fully saturated rings. The maximum atomic E-state index is 13.7. The lowest BCUT2D eigenvalue weighted by Gasteiger charge is -2.36.